The normalized spacial score (nSPS) is 16.4. The van der Waals surface area contributed by atoms with Gasteiger partial charge in [0, 0.05) is 0 Å². The van der Waals surface area contributed by atoms with E-state index in [1.807, 2.05) is 18.2 Å². The average Bonchev–Trinajstić information content (AvgIpc) is 3.52. The number of carbonyl (C=O) groups excluding carboxylic acids is 1. The first-order chi connectivity index (χ1) is 13.2. The SMILES string of the molecule is COc1cccc(F)c1NC(=O)NC(c1ccc2c(c1)OCCO2)C1CC1. The van der Waals surface area contributed by atoms with Crippen LogP contribution in [0.2, 0.25) is 0 Å². The number of amides is 2. The Labute approximate surface area is 156 Å². The minimum Gasteiger partial charge on any atom is -0.494 e. The van der Waals surface area contributed by atoms with Crippen LogP contribution in [-0.2, 0) is 0 Å². The summed E-state index contributed by atoms with van der Waals surface area (Å²) in [6.07, 6.45) is 2.06. The van der Waals surface area contributed by atoms with E-state index in [1.54, 1.807) is 6.07 Å². The van der Waals surface area contributed by atoms with Crippen molar-refractivity contribution < 1.29 is 23.4 Å². The standard InChI is InChI=1S/C20H21FN2O4/c1-25-16-4-2-3-14(21)19(16)23-20(24)22-18(12-5-6-12)13-7-8-15-17(11-13)27-10-9-26-15/h2-4,7-8,11-12,18H,5-6,9-10H2,1H3,(H2,22,23,24). The number of urea groups is 1. The molecule has 1 aliphatic heterocycles. The Morgan fingerprint density at radius 2 is 1.96 bits per heavy atom. The van der Waals surface area contributed by atoms with Crippen molar-refractivity contribution in [2.45, 2.75) is 18.9 Å². The largest absolute Gasteiger partial charge is 0.494 e. The van der Waals surface area contributed by atoms with Crippen molar-refractivity contribution in [1.82, 2.24) is 5.32 Å². The van der Waals surface area contributed by atoms with E-state index in [0.717, 1.165) is 18.4 Å². The third-order valence-corrected chi connectivity index (χ3v) is 4.74. The molecule has 142 valence electrons. The molecule has 6 nitrogen and oxygen atoms in total. The molecule has 27 heavy (non-hydrogen) atoms. The van der Waals surface area contributed by atoms with Crippen molar-refractivity contribution in [3.63, 3.8) is 0 Å². The fraction of sp³-hybridized carbons (Fsp3) is 0.350. The van der Waals surface area contributed by atoms with E-state index in [4.69, 9.17) is 14.2 Å². The van der Waals surface area contributed by atoms with Gasteiger partial charge in [-0.2, -0.15) is 0 Å². The van der Waals surface area contributed by atoms with Gasteiger partial charge in [-0.15, -0.1) is 0 Å². The molecular formula is C20H21FN2O4. The van der Waals surface area contributed by atoms with Gasteiger partial charge in [-0.05, 0) is 48.6 Å². The molecule has 2 aromatic carbocycles. The lowest BCUT2D eigenvalue weighted by Crippen LogP contribution is -2.34. The zero-order chi connectivity index (χ0) is 18.8. The van der Waals surface area contributed by atoms with Gasteiger partial charge in [0.1, 0.15) is 24.7 Å². The minimum absolute atomic E-state index is 0.0224. The Bertz CT molecular complexity index is 854. The first-order valence-electron chi connectivity index (χ1n) is 8.95. The summed E-state index contributed by atoms with van der Waals surface area (Å²) in [6.45, 7) is 1.04. The number of benzene rings is 2. The molecule has 1 saturated carbocycles. The van der Waals surface area contributed by atoms with E-state index in [2.05, 4.69) is 10.6 Å². The summed E-state index contributed by atoms with van der Waals surface area (Å²) in [6, 6.07) is 9.43. The second-order valence-corrected chi connectivity index (χ2v) is 6.63. The van der Waals surface area contributed by atoms with Crippen LogP contribution < -0.4 is 24.8 Å². The van der Waals surface area contributed by atoms with Gasteiger partial charge in [0.15, 0.2) is 17.3 Å². The van der Waals surface area contributed by atoms with Gasteiger partial charge in [-0.25, -0.2) is 9.18 Å². The number of hydrogen-bond acceptors (Lipinski definition) is 4. The zero-order valence-electron chi connectivity index (χ0n) is 15.0. The molecule has 0 bridgehead atoms. The van der Waals surface area contributed by atoms with Gasteiger partial charge in [0.2, 0.25) is 0 Å². The van der Waals surface area contributed by atoms with E-state index in [1.165, 1.54) is 19.2 Å². The van der Waals surface area contributed by atoms with Crippen molar-refractivity contribution in [2.75, 3.05) is 25.6 Å². The molecule has 2 amide bonds. The fourth-order valence-electron chi connectivity index (χ4n) is 3.24. The Morgan fingerprint density at radius 3 is 2.70 bits per heavy atom. The molecule has 1 heterocycles. The molecule has 2 aromatic rings. The Hall–Kier alpha value is -2.96. The number of hydrogen-bond donors (Lipinski definition) is 2. The van der Waals surface area contributed by atoms with Crippen molar-refractivity contribution in [2.24, 2.45) is 5.92 Å². The number of para-hydroxylation sites is 1. The summed E-state index contributed by atoms with van der Waals surface area (Å²) in [4.78, 5) is 12.5. The van der Waals surface area contributed by atoms with Crippen LogP contribution in [-0.4, -0.2) is 26.4 Å². The van der Waals surface area contributed by atoms with E-state index in [0.29, 0.717) is 30.6 Å². The highest BCUT2D eigenvalue weighted by Crippen LogP contribution is 2.43. The molecule has 1 unspecified atom stereocenters. The number of methoxy groups -OCH3 is 1. The fourth-order valence-corrected chi connectivity index (χ4v) is 3.24. The van der Waals surface area contributed by atoms with Crippen molar-refractivity contribution >= 4 is 11.7 Å². The maximum Gasteiger partial charge on any atom is 0.319 e. The number of anilines is 1. The van der Waals surface area contributed by atoms with Gasteiger partial charge in [0.05, 0.1) is 13.2 Å². The van der Waals surface area contributed by atoms with Crippen LogP contribution in [0.4, 0.5) is 14.9 Å². The third-order valence-electron chi connectivity index (χ3n) is 4.74. The van der Waals surface area contributed by atoms with Crippen LogP contribution in [0, 0.1) is 11.7 Å². The summed E-state index contributed by atoms with van der Waals surface area (Å²) < 4.78 is 30.4. The van der Waals surface area contributed by atoms with Crippen LogP contribution in [0.15, 0.2) is 36.4 Å². The van der Waals surface area contributed by atoms with E-state index in [9.17, 15) is 9.18 Å². The summed E-state index contributed by atoms with van der Waals surface area (Å²) in [5, 5.41) is 5.53. The lowest BCUT2D eigenvalue weighted by atomic mass is 10.0. The predicted octanol–water partition coefficient (Wildman–Crippen LogP) is 3.88. The third kappa shape index (κ3) is 3.77. The summed E-state index contributed by atoms with van der Waals surface area (Å²) >= 11 is 0. The van der Waals surface area contributed by atoms with Crippen LogP contribution >= 0.6 is 0 Å². The minimum atomic E-state index is -0.549. The lowest BCUT2D eigenvalue weighted by molar-refractivity contribution is 0.171. The van der Waals surface area contributed by atoms with Crippen LogP contribution in [0.5, 0.6) is 17.2 Å². The Morgan fingerprint density at radius 1 is 1.19 bits per heavy atom. The highest BCUT2D eigenvalue weighted by Gasteiger charge is 2.34. The topological polar surface area (TPSA) is 68.8 Å². The van der Waals surface area contributed by atoms with E-state index in [-0.39, 0.29) is 17.5 Å². The highest BCUT2D eigenvalue weighted by atomic mass is 19.1. The highest BCUT2D eigenvalue weighted by molar-refractivity contribution is 5.91. The maximum absolute atomic E-state index is 14.1. The first kappa shape index (κ1) is 17.5. The van der Waals surface area contributed by atoms with Crippen molar-refractivity contribution in [1.29, 1.82) is 0 Å². The van der Waals surface area contributed by atoms with Gasteiger partial charge < -0.3 is 24.8 Å². The van der Waals surface area contributed by atoms with Crippen LogP contribution in [0.3, 0.4) is 0 Å². The smallest absolute Gasteiger partial charge is 0.319 e. The monoisotopic (exact) mass is 372 g/mol. The number of rotatable bonds is 5. The summed E-state index contributed by atoms with van der Waals surface area (Å²) in [5.74, 6) is 1.46. The number of halogens is 1. The summed E-state index contributed by atoms with van der Waals surface area (Å²) in [7, 11) is 1.43. The first-order valence-corrected chi connectivity index (χ1v) is 8.95. The molecular weight excluding hydrogens is 351 g/mol. The molecule has 0 aromatic heterocycles. The Balaban J connectivity index is 1.52. The van der Waals surface area contributed by atoms with Gasteiger partial charge in [-0.1, -0.05) is 12.1 Å². The van der Waals surface area contributed by atoms with Crippen molar-refractivity contribution in [3.8, 4) is 17.2 Å². The molecule has 0 radical (unpaired) electrons. The molecule has 4 rings (SSSR count). The maximum atomic E-state index is 14.1. The number of nitrogens with one attached hydrogen (secondary N) is 2. The van der Waals surface area contributed by atoms with Crippen LogP contribution in [0.25, 0.3) is 0 Å². The molecule has 1 aliphatic carbocycles. The number of fused-ring (bicyclic) bond motifs is 1. The van der Waals surface area contributed by atoms with Gasteiger partial charge in [0.25, 0.3) is 0 Å². The molecule has 2 N–H and O–H groups in total. The second-order valence-electron chi connectivity index (χ2n) is 6.63. The zero-order valence-corrected chi connectivity index (χ0v) is 15.0. The average molecular weight is 372 g/mol. The van der Waals surface area contributed by atoms with Crippen molar-refractivity contribution in [3.05, 3.63) is 47.8 Å². The van der Waals surface area contributed by atoms with Crippen LogP contribution in [0.1, 0.15) is 24.4 Å². The lowest BCUT2D eigenvalue weighted by Gasteiger charge is -2.23. The van der Waals surface area contributed by atoms with Gasteiger partial charge in [-0.3, -0.25) is 0 Å². The van der Waals surface area contributed by atoms with Gasteiger partial charge >= 0.3 is 6.03 Å². The predicted molar refractivity (Wildman–Crippen MR) is 98.0 cm³/mol. The Kier molecular flexibility index (Phi) is 4.75. The van der Waals surface area contributed by atoms with E-state index < -0.39 is 11.8 Å². The second kappa shape index (κ2) is 7.34. The molecule has 1 fully saturated rings. The number of ether oxygens (including phenoxy) is 3. The molecule has 0 spiro atoms. The van der Waals surface area contributed by atoms with E-state index >= 15 is 0 Å². The molecule has 1 atom stereocenters. The molecule has 7 heteroatoms. The molecule has 2 aliphatic rings. The number of carbonyl (C=O) groups is 1. The summed E-state index contributed by atoms with van der Waals surface area (Å²) in [5.41, 5.74) is 0.964. The molecule has 0 saturated heterocycles. The quantitative estimate of drug-likeness (QED) is 0.836.